The molecular weight excluding hydrogens is 283 g/mol. The van der Waals surface area contributed by atoms with Crippen molar-refractivity contribution in [3.8, 4) is 0 Å². The molecule has 0 heterocycles. The van der Waals surface area contributed by atoms with Gasteiger partial charge in [-0.25, -0.2) is 0 Å². The summed E-state index contributed by atoms with van der Waals surface area (Å²) in [6.07, 6.45) is -0.940. The van der Waals surface area contributed by atoms with Gasteiger partial charge >= 0.3 is 39.4 Å². The van der Waals surface area contributed by atoms with E-state index in [-0.39, 0.29) is 39.4 Å². The van der Waals surface area contributed by atoms with Gasteiger partial charge < -0.3 is 19.8 Å². The van der Waals surface area contributed by atoms with Gasteiger partial charge in [-0.05, 0) is 12.8 Å². The van der Waals surface area contributed by atoms with Crippen LogP contribution in [0.5, 0.6) is 0 Å². The monoisotopic (exact) mass is 286 g/mol. The van der Waals surface area contributed by atoms with Crippen molar-refractivity contribution in [2.75, 3.05) is 0 Å². The van der Waals surface area contributed by atoms with E-state index in [0.717, 1.165) is 0 Å². The van der Waals surface area contributed by atoms with Crippen molar-refractivity contribution >= 4 is 11.9 Å². The zero-order valence-electron chi connectivity index (χ0n) is 4.65. The molecule has 0 saturated heterocycles. The summed E-state index contributed by atoms with van der Waals surface area (Å²) < 4.78 is 0. The van der Waals surface area contributed by atoms with E-state index in [0.29, 0.717) is 0 Å². The first-order chi connectivity index (χ1) is 3.63. The Bertz CT molecular complexity index is 102. The van der Waals surface area contributed by atoms with Gasteiger partial charge in [0, 0.05) is 11.9 Å². The predicted octanol–water partition coefficient (Wildman–Crippen LogP) is -2.74. The molecule has 0 aliphatic heterocycles. The number of rotatable bonds is 3. The standard InChI is InChI=1S/C4H6O4.Ag.Cu/c5-3(6)1-2-4(7)8;;/h1-2H2,(H,5,6)(H,7,8);;/q;+1;+2/p-2. The number of hydrogen-bond donors (Lipinski definition) is 0. The minimum Gasteiger partial charge on any atom is -0.550 e. The van der Waals surface area contributed by atoms with E-state index in [2.05, 4.69) is 0 Å². The Morgan fingerprint density at radius 1 is 1.00 bits per heavy atom. The molecule has 0 aliphatic rings. The van der Waals surface area contributed by atoms with Gasteiger partial charge in [0.25, 0.3) is 0 Å². The molecule has 0 saturated carbocycles. The third-order valence-electron chi connectivity index (χ3n) is 0.533. The molecule has 0 unspecified atom stereocenters. The van der Waals surface area contributed by atoms with Gasteiger partial charge in [-0.3, -0.25) is 0 Å². The number of carboxylic acid groups (broad SMARTS) is 2. The summed E-state index contributed by atoms with van der Waals surface area (Å²) in [4.78, 5) is 19.0. The Morgan fingerprint density at radius 3 is 1.30 bits per heavy atom. The Morgan fingerprint density at radius 2 is 1.20 bits per heavy atom. The quantitative estimate of drug-likeness (QED) is 0.528. The normalized spacial score (nSPS) is 6.80. The average molecular weight is 287 g/mol. The first-order valence-corrected chi connectivity index (χ1v) is 2.02. The van der Waals surface area contributed by atoms with E-state index >= 15 is 0 Å². The minimum absolute atomic E-state index is 0. The van der Waals surface area contributed by atoms with Crippen LogP contribution in [0.2, 0.25) is 0 Å². The van der Waals surface area contributed by atoms with Gasteiger partial charge in [-0.15, -0.1) is 0 Å². The van der Waals surface area contributed by atoms with Crippen LogP contribution in [0.15, 0.2) is 0 Å². The van der Waals surface area contributed by atoms with Crippen molar-refractivity contribution in [2.45, 2.75) is 12.8 Å². The SMILES string of the molecule is O=C([O-])CCC(=O)[O-].[Ag+].[Cu+2]. The van der Waals surface area contributed by atoms with E-state index in [9.17, 15) is 19.8 Å². The van der Waals surface area contributed by atoms with Crippen LogP contribution in [-0.2, 0) is 49.0 Å². The molecule has 0 rings (SSSR count). The molecule has 0 aliphatic carbocycles. The Kier molecular flexibility index (Phi) is 15.3. The fraction of sp³-hybridized carbons (Fsp3) is 0.500. The van der Waals surface area contributed by atoms with Crippen molar-refractivity contribution in [3.63, 3.8) is 0 Å². The third kappa shape index (κ3) is 15.7. The van der Waals surface area contributed by atoms with E-state index < -0.39 is 24.8 Å². The predicted molar refractivity (Wildman–Crippen MR) is 19.2 cm³/mol. The summed E-state index contributed by atoms with van der Waals surface area (Å²) in [6, 6.07) is 0. The topological polar surface area (TPSA) is 80.3 Å². The van der Waals surface area contributed by atoms with Gasteiger partial charge in [0.05, 0.1) is 0 Å². The number of carboxylic acids is 2. The van der Waals surface area contributed by atoms with E-state index in [1.54, 1.807) is 0 Å². The van der Waals surface area contributed by atoms with Crippen molar-refractivity contribution in [2.24, 2.45) is 0 Å². The van der Waals surface area contributed by atoms with Gasteiger partial charge in [0.1, 0.15) is 0 Å². The van der Waals surface area contributed by atoms with Crippen LogP contribution in [0.3, 0.4) is 0 Å². The van der Waals surface area contributed by atoms with Crippen LogP contribution >= 0.6 is 0 Å². The molecule has 0 N–H and O–H groups in total. The van der Waals surface area contributed by atoms with Crippen LogP contribution in [0.25, 0.3) is 0 Å². The molecule has 0 bridgehead atoms. The minimum atomic E-state index is -1.37. The summed E-state index contributed by atoms with van der Waals surface area (Å²) in [5.74, 6) is -2.73. The van der Waals surface area contributed by atoms with Crippen LogP contribution in [0.1, 0.15) is 12.8 Å². The van der Waals surface area contributed by atoms with Crippen LogP contribution in [0.4, 0.5) is 0 Å². The smallest absolute Gasteiger partial charge is 0.550 e. The van der Waals surface area contributed by atoms with Crippen LogP contribution in [-0.4, -0.2) is 11.9 Å². The zero-order valence-corrected chi connectivity index (χ0v) is 7.07. The van der Waals surface area contributed by atoms with Crippen LogP contribution < -0.4 is 10.2 Å². The molecule has 0 aromatic carbocycles. The molecule has 0 amide bonds. The summed E-state index contributed by atoms with van der Waals surface area (Å²) >= 11 is 0. The third-order valence-corrected chi connectivity index (χ3v) is 0.533. The van der Waals surface area contributed by atoms with E-state index in [1.165, 1.54) is 0 Å². The maximum atomic E-state index is 9.50. The maximum Gasteiger partial charge on any atom is 2.00 e. The van der Waals surface area contributed by atoms with Gasteiger partial charge in [0.15, 0.2) is 0 Å². The van der Waals surface area contributed by atoms with Gasteiger partial charge in [-0.1, -0.05) is 0 Å². The Balaban J connectivity index is -0.000000245. The van der Waals surface area contributed by atoms with Gasteiger partial charge in [-0.2, -0.15) is 0 Å². The second-order valence-electron chi connectivity index (χ2n) is 1.24. The summed E-state index contributed by atoms with van der Waals surface area (Å²) in [5.41, 5.74) is 0. The van der Waals surface area contributed by atoms with Crippen LogP contribution in [0, 0.1) is 0 Å². The summed E-state index contributed by atoms with van der Waals surface area (Å²) in [5, 5.41) is 19.0. The molecule has 10 heavy (non-hydrogen) atoms. The number of hydrogen-bond acceptors (Lipinski definition) is 4. The second-order valence-corrected chi connectivity index (χ2v) is 1.24. The van der Waals surface area contributed by atoms with E-state index in [1.807, 2.05) is 0 Å². The zero-order chi connectivity index (χ0) is 6.57. The Labute approximate surface area is 84.0 Å². The number of carbonyl (C=O) groups excluding carboxylic acids is 2. The van der Waals surface area contributed by atoms with Crippen molar-refractivity contribution < 1.29 is 59.3 Å². The number of aliphatic carboxylic acids is 2. The fourth-order valence-corrected chi connectivity index (χ4v) is 0.204. The van der Waals surface area contributed by atoms with Crippen molar-refractivity contribution in [3.05, 3.63) is 0 Å². The molecule has 1 radical (unpaired) electrons. The molecule has 0 aromatic heterocycles. The maximum absolute atomic E-state index is 9.50. The molecule has 0 fully saturated rings. The Hall–Kier alpha value is 0.200. The molecule has 6 heteroatoms. The second kappa shape index (κ2) is 9.20. The van der Waals surface area contributed by atoms with Crippen molar-refractivity contribution in [1.82, 2.24) is 0 Å². The summed E-state index contributed by atoms with van der Waals surface area (Å²) in [7, 11) is 0. The molecule has 0 aromatic rings. The average Bonchev–Trinajstić information content (AvgIpc) is 1.61. The summed E-state index contributed by atoms with van der Waals surface area (Å²) in [6.45, 7) is 0. The largest absolute Gasteiger partial charge is 2.00 e. The van der Waals surface area contributed by atoms with E-state index in [4.69, 9.17) is 0 Å². The fourth-order valence-electron chi connectivity index (χ4n) is 0.204. The molecule has 65 valence electrons. The molecule has 4 nitrogen and oxygen atoms in total. The molecular formula is C4H4AgCuO4+. The first kappa shape index (κ1) is 16.7. The first-order valence-electron chi connectivity index (χ1n) is 2.02. The molecule has 0 atom stereocenters. The molecule has 0 spiro atoms. The van der Waals surface area contributed by atoms with Gasteiger partial charge in [0.2, 0.25) is 0 Å². The number of carbonyl (C=O) groups is 2. The van der Waals surface area contributed by atoms with Crippen molar-refractivity contribution in [1.29, 1.82) is 0 Å².